The molecule has 0 bridgehead atoms. The molecule has 0 spiro atoms. The Labute approximate surface area is 95.2 Å². The van der Waals surface area contributed by atoms with Crippen LogP contribution in [0.3, 0.4) is 0 Å². The van der Waals surface area contributed by atoms with Crippen molar-refractivity contribution in [3.63, 3.8) is 0 Å². The molecule has 1 aromatic rings. The smallest absolute Gasteiger partial charge is 0.151 e. The van der Waals surface area contributed by atoms with Crippen molar-refractivity contribution < 1.29 is 9.53 Å². The zero-order valence-corrected chi connectivity index (χ0v) is 9.97. The van der Waals surface area contributed by atoms with Crippen LogP contribution in [-0.4, -0.2) is 11.9 Å². The van der Waals surface area contributed by atoms with Gasteiger partial charge in [0.15, 0.2) is 6.29 Å². The van der Waals surface area contributed by atoms with E-state index in [9.17, 15) is 4.79 Å². The Kier molecular flexibility index (Phi) is 3.75. The monoisotopic (exact) mass is 226 g/mol. The molecule has 0 saturated heterocycles. The maximum absolute atomic E-state index is 10.6. The quantitative estimate of drug-likeness (QED) is 0.732. The van der Waals surface area contributed by atoms with Gasteiger partial charge in [0, 0.05) is 5.56 Å². The van der Waals surface area contributed by atoms with Crippen LogP contribution in [0.4, 0.5) is 0 Å². The Morgan fingerprint density at radius 1 is 1.47 bits per heavy atom. The van der Waals surface area contributed by atoms with Gasteiger partial charge in [-0.2, -0.15) is 0 Å². The van der Waals surface area contributed by atoms with Gasteiger partial charge in [-0.15, -0.1) is 0 Å². The molecule has 2 nitrogen and oxygen atoms in total. The summed E-state index contributed by atoms with van der Waals surface area (Å²) in [6.07, 6.45) is 1.64. The van der Waals surface area contributed by atoms with Crippen LogP contribution in [0.1, 0.15) is 37.6 Å². The van der Waals surface area contributed by atoms with E-state index in [1.165, 1.54) is 0 Å². The summed E-state index contributed by atoms with van der Waals surface area (Å²) < 4.78 is 5.73. The molecule has 15 heavy (non-hydrogen) atoms. The van der Waals surface area contributed by atoms with Crippen LogP contribution >= 0.6 is 11.6 Å². The van der Waals surface area contributed by atoms with Crippen molar-refractivity contribution in [2.24, 2.45) is 0 Å². The first-order valence-electron chi connectivity index (χ1n) is 4.92. The number of ether oxygens (including phenoxy) is 1. The van der Waals surface area contributed by atoms with Crippen molar-refractivity contribution in [3.8, 4) is 5.75 Å². The molecule has 3 heteroatoms. The number of aldehydes is 1. The van der Waals surface area contributed by atoms with Gasteiger partial charge in [-0.05, 0) is 38.5 Å². The number of carbonyl (C=O) groups excluding carboxylic acids is 1. The Balaban J connectivity index is 2.89. The maximum atomic E-state index is 10.6. The van der Waals surface area contributed by atoms with Crippen LogP contribution in [-0.2, 0) is 0 Å². The lowest BCUT2D eigenvalue weighted by Crippen LogP contribution is -2.26. The van der Waals surface area contributed by atoms with Gasteiger partial charge in [-0.1, -0.05) is 18.5 Å². The molecule has 0 unspecified atom stereocenters. The molecular formula is C12H15ClO2. The molecule has 82 valence electrons. The predicted molar refractivity (Wildman–Crippen MR) is 61.8 cm³/mol. The van der Waals surface area contributed by atoms with Gasteiger partial charge in [0.05, 0.1) is 5.02 Å². The molecular weight excluding hydrogens is 212 g/mol. The van der Waals surface area contributed by atoms with E-state index in [0.717, 1.165) is 12.7 Å². The van der Waals surface area contributed by atoms with E-state index in [0.29, 0.717) is 16.3 Å². The Morgan fingerprint density at radius 3 is 2.60 bits per heavy atom. The van der Waals surface area contributed by atoms with E-state index in [1.54, 1.807) is 18.2 Å². The zero-order valence-electron chi connectivity index (χ0n) is 9.21. The Hall–Kier alpha value is -1.02. The average molecular weight is 227 g/mol. The van der Waals surface area contributed by atoms with Gasteiger partial charge >= 0.3 is 0 Å². The molecule has 0 saturated carbocycles. The molecule has 0 aliphatic heterocycles. The standard InChI is InChI=1S/C12H15ClO2/c1-4-12(2,3)15-10-6-5-9(8-14)11(13)7-10/h5-8H,4H2,1-3H3. The average Bonchev–Trinajstić information content (AvgIpc) is 2.17. The summed E-state index contributed by atoms with van der Waals surface area (Å²) in [4.78, 5) is 10.6. The molecule has 0 aliphatic carbocycles. The summed E-state index contributed by atoms with van der Waals surface area (Å²) in [6.45, 7) is 6.07. The topological polar surface area (TPSA) is 26.3 Å². The van der Waals surface area contributed by atoms with Crippen molar-refractivity contribution >= 4 is 17.9 Å². The van der Waals surface area contributed by atoms with Crippen LogP contribution in [0, 0.1) is 0 Å². The Bertz CT molecular complexity index is 359. The first kappa shape index (κ1) is 12.1. The highest BCUT2D eigenvalue weighted by Crippen LogP contribution is 2.25. The predicted octanol–water partition coefficient (Wildman–Crippen LogP) is 3.72. The fourth-order valence-corrected chi connectivity index (χ4v) is 1.27. The number of halogens is 1. The molecule has 1 rings (SSSR count). The minimum atomic E-state index is -0.216. The van der Waals surface area contributed by atoms with Crippen LogP contribution in [0.5, 0.6) is 5.75 Å². The molecule has 0 fully saturated rings. The van der Waals surface area contributed by atoms with E-state index in [4.69, 9.17) is 16.3 Å². The van der Waals surface area contributed by atoms with Gasteiger partial charge < -0.3 is 4.74 Å². The molecule has 0 N–H and O–H groups in total. The summed E-state index contributed by atoms with van der Waals surface area (Å²) in [5.74, 6) is 0.692. The van der Waals surface area contributed by atoms with Crippen LogP contribution < -0.4 is 4.74 Å². The zero-order chi connectivity index (χ0) is 11.5. The number of benzene rings is 1. The largest absolute Gasteiger partial charge is 0.488 e. The maximum Gasteiger partial charge on any atom is 0.151 e. The van der Waals surface area contributed by atoms with Crippen molar-refractivity contribution in [3.05, 3.63) is 28.8 Å². The second-order valence-corrected chi connectivity index (χ2v) is 4.42. The lowest BCUT2D eigenvalue weighted by Gasteiger charge is -2.25. The third-order valence-electron chi connectivity index (χ3n) is 2.34. The number of hydrogen-bond acceptors (Lipinski definition) is 2. The van der Waals surface area contributed by atoms with Gasteiger partial charge in [0.2, 0.25) is 0 Å². The number of rotatable bonds is 4. The summed E-state index contributed by atoms with van der Waals surface area (Å²) in [5.41, 5.74) is 0.268. The summed E-state index contributed by atoms with van der Waals surface area (Å²) in [6, 6.07) is 5.09. The minimum Gasteiger partial charge on any atom is -0.488 e. The molecule has 1 aromatic carbocycles. The van der Waals surface area contributed by atoms with E-state index >= 15 is 0 Å². The minimum absolute atomic E-state index is 0.216. The highest BCUT2D eigenvalue weighted by molar-refractivity contribution is 6.33. The molecule has 0 aliphatic rings. The van der Waals surface area contributed by atoms with Crippen LogP contribution in [0.2, 0.25) is 5.02 Å². The molecule has 0 atom stereocenters. The third kappa shape index (κ3) is 3.24. The molecule has 0 amide bonds. The normalized spacial score (nSPS) is 11.2. The van der Waals surface area contributed by atoms with Crippen molar-refractivity contribution in [2.45, 2.75) is 32.8 Å². The first-order valence-corrected chi connectivity index (χ1v) is 5.30. The van der Waals surface area contributed by atoms with E-state index in [1.807, 2.05) is 13.8 Å². The van der Waals surface area contributed by atoms with E-state index < -0.39 is 0 Å². The molecule has 0 radical (unpaired) electrons. The second-order valence-electron chi connectivity index (χ2n) is 4.02. The fourth-order valence-electron chi connectivity index (χ4n) is 1.06. The van der Waals surface area contributed by atoms with E-state index in [2.05, 4.69) is 6.92 Å². The van der Waals surface area contributed by atoms with E-state index in [-0.39, 0.29) is 5.60 Å². The lowest BCUT2D eigenvalue weighted by atomic mass is 10.1. The van der Waals surface area contributed by atoms with Crippen LogP contribution in [0.25, 0.3) is 0 Å². The summed E-state index contributed by atoms with van der Waals surface area (Å²) in [5, 5.41) is 0.425. The molecule has 0 heterocycles. The fraction of sp³-hybridized carbons (Fsp3) is 0.417. The highest BCUT2D eigenvalue weighted by atomic mass is 35.5. The third-order valence-corrected chi connectivity index (χ3v) is 2.67. The summed E-state index contributed by atoms with van der Waals surface area (Å²) >= 11 is 5.89. The number of carbonyl (C=O) groups is 1. The van der Waals surface area contributed by atoms with Gasteiger partial charge in [-0.25, -0.2) is 0 Å². The van der Waals surface area contributed by atoms with Gasteiger partial charge in [-0.3, -0.25) is 4.79 Å². The SMILES string of the molecule is CCC(C)(C)Oc1ccc(C=O)c(Cl)c1. The Morgan fingerprint density at radius 2 is 2.13 bits per heavy atom. The lowest BCUT2D eigenvalue weighted by molar-refractivity contribution is 0.105. The van der Waals surface area contributed by atoms with Crippen LogP contribution in [0.15, 0.2) is 18.2 Å². The van der Waals surface area contributed by atoms with Crippen molar-refractivity contribution in [1.29, 1.82) is 0 Å². The van der Waals surface area contributed by atoms with Crippen molar-refractivity contribution in [1.82, 2.24) is 0 Å². The van der Waals surface area contributed by atoms with Crippen molar-refractivity contribution in [2.75, 3.05) is 0 Å². The first-order chi connectivity index (χ1) is 6.98. The highest BCUT2D eigenvalue weighted by Gasteiger charge is 2.17. The number of hydrogen-bond donors (Lipinski definition) is 0. The second kappa shape index (κ2) is 4.67. The van der Waals surface area contributed by atoms with Gasteiger partial charge in [0.1, 0.15) is 11.4 Å². The molecule has 0 aromatic heterocycles. The summed E-state index contributed by atoms with van der Waals surface area (Å²) in [7, 11) is 0. The van der Waals surface area contributed by atoms with Gasteiger partial charge in [0.25, 0.3) is 0 Å².